The molecule has 8 heteroatoms. The van der Waals surface area contributed by atoms with Gasteiger partial charge in [0.1, 0.15) is 0 Å². The third-order valence-corrected chi connectivity index (χ3v) is 2.92. The number of urea groups is 1. The summed E-state index contributed by atoms with van der Waals surface area (Å²) < 4.78 is 4.64. The van der Waals surface area contributed by atoms with Gasteiger partial charge in [0, 0.05) is 17.8 Å². The van der Waals surface area contributed by atoms with E-state index in [0.717, 1.165) is 0 Å². The van der Waals surface area contributed by atoms with Crippen LogP contribution in [-0.4, -0.2) is 24.0 Å². The molecule has 0 aliphatic carbocycles. The number of carbonyl (C=O) groups excluding carboxylic acids is 2. The van der Waals surface area contributed by atoms with Gasteiger partial charge in [0.2, 0.25) is 0 Å². The number of methoxy groups -OCH3 is 1. The Morgan fingerprint density at radius 3 is 2.30 bits per heavy atom. The molecule has 2 rings (SSSR count). The van der Waals surface area contributed by atoms with Gasteiger partial charge in [0.05, 0.1) is 23.3 Å². The number of nitrogens with zero attached hydrogens (tertiary/aromatic N) is 1. The van der Waals surface area contributed by atoms with Gasteiger partial charge in [-0.05, 0) is 24.3 Å². The highest BCUT2D eigenvalue weighted by Gasteiger charge is 2.13. The zero-order valence-electron chi connectivity index (χ0n) is 12.1. The predicted molar refractivity (Wildman–Crippen MR) is 83.5 cm³/mol. The number of amides is 2. The van der Waals surface area contributed by atoms with Crippen molar-refractivity contribution in [3.8, 4) is 0 Å². The van der Waals surface area contributed by atoms with Crippen LogP contribution in [0.1, 0.15) is 10.4 Å². The summed E-state index contributed by atoms with van der Waals surface area (Å²) in [5.74, 6) is -0.573. The molecule has 0 aliphatic heterocycles. The van der Waals surface area contributed by atoms with Gasteiger partial charge < -0.3 is 15.4 Å². The second-order valence-electron chi connectivity index (χ2n) is 4.42. The highest BCUT2D eigenvalue weighted by atomic mass is 16.6. The SMILES string of the molecule is COC(=O)c1ccccc1NC(=O)Nc1ccc([N+](=O)[O-])cc1. The number of para-hydroxylation sites is 1. The molecule has 0 saturated heterocycles. The second kappa shape index (κ2) is 7.03. The van der Waals surface area contributed by atoms with Crippen LogP contribution in [0.15, 0.2) is 48.5 Å². The lowest BCUT2D eigenvalue weighted by Crippen LogP contribution is -2.21. The number of nitro groups is 1. The molecule has 2 N–H and O–H groups in total. The van der Waals surface area contributed by atoms with Crippen LogP contribution in [-0.2, 0) is 4.74 Å². The van der Waals surface area contributed by atoms with E-state index >= 15 is 0 Å². The van der Waals surface area contributed by atoms with Crippen LogP contribution >= 0.6 is 0 Å². The minimum Gasteiger partial charge on any atom is -0.465 e. The van der Waals surface area contributed by atoms with Crippen molar-refractivity contribution in [3.05, 3.63) is 64.2 Å². The van der Waals surface area contributed by atoms with Crippen LogP contribution in [0, 0.1) is 10.1 Å². The lowest BCUT2D eigenvalue weighted by atomic mass is 10.2. The second-order valence-corrected chi connectivity index (χ2v) is 4.42. The summed E-state index contributed by atoms with van der Waals surface area (Å²) in [7, 11) is 1.25. The van der Waals surface area contributed by atoms with Crippen LogP contribution < -0.4 is 10.6 Å². The van der Waals surface area contributed by atoms with Crippen molar-refractivity contribution >= 4 is 29.1 Å². The lowest BCUT2D eigenvalue weighted by molar-refractivity contribution is -0.384. The van der Waals surface area contributed by atoms with Crippen LogP contribution in [0.2, 0.25) is 0 Å². The van der Waals surface area contributed by atoms with E-state index in [1.54, 1.807) is 18.2 Å². The molecule has 0 atom stereocenters. The van der Waals surface area contributed by atoms with Crippen molar-refractivity contribution in [2.45, 2.75) is 0 Å². The highest BCUT2D eigenvalue weighted by molar-refractivity contribution is 6.05. The number of nitro benzene ring substituents is 1. The zero-order valence-corrected chi connectivity index (χ0v) is 12.1. The van der Waals surface area contributed by atoms with Crippen LogP contribution in [0.5, 0.6) is 0 Å². The summed E-state index contributed by atoms with van der Waals surface area (Å²) in [4.78, 5) is 33.6. The number of anilines is 2. The zero-order chi connectivity index (χ0) is 16.8. The van der Waals surface area contributed by atoms with E-state index < -0.39 is 16.9 Å². The third-order valence-electron chi connectivity index (χ3n) is 2.92. The summed E-state index contributed by atoms with van der Waals surface area (Å²) >= 11 is 0. The predicted octanol–water partition coefficient (Wildman–Crippen LogP) is 3.03. The fourth-order valence-electron chi connectivity index (χ4n) is 1.83. The van der Waals surface area contributed by atoms with E-state index in [1.165, 1.54) is 37.4 Å². The number of rotatable bonds is 4. The van der Waals surface area contributed by atoms with E-state index in [0.29, 0.717) is 11.4 Å². The van der Waals surface area contributed by atoms with E-state index in [9.17, 15) is 19.7 Å². The third kappa shape index (κ3) is 4.03. The molecule has 2 amide bonds. The van der Waals surface area contributed by atoms with Crippen molar-refractivity contribution in [1.82, 2.24) is 0 Å². The van der Waals surface area contributed by atoms with Crippen LogP contribution in [0.4, 0.5) is 21.9 Å². The molecule has 0 bridgehead atoms. The number of hydrogen-bond donors (Lipinski definition) is 2. The standard InChI is InChI=1S/C15H13N3O5/c1-23-14(19)12-4-2-3-5-13(12)17-15(20)16-10-6-8-11(9-7-10)18(21)22/h2-9H,1H3,(H2,16,17,20). The summed E-state index contributed by atoms with van der Waals surface area (Å²) in [5, 5.41) is 15.6. The van der Waals surface area contributed by atoms with Gasteiger partial charge >= 0.3 is 12.0 Å². The molecule has 0 unspecified atom stereocenters. The number of esters is 1. The molecule has 0 aliphatic rings. The number of carbonyl (C=O) groups is 2. The first kappa shape index (κ1) is 16.0. The Balaban J connectivity index is 2.08. The van der Waals surface area contributed by atoms with Crippen LogP contribution in [0.25, 0.3) is 0 Å². The van der Waals surface area contributed by atoms with Crippen molar-refractivity contribution in [2.24, 2.45) is 0 Å². The van der Waals surface area contributed by atoms with Crippen LogP contribution in [0.3, 0.4) is 0 Å². The van der Waals surface area contributed by atoms with Gasteiger partial charge in [0.15, 0.2) is 0 Å². The molecule has 23 heavy (non-hydrogen) atoms. The fourth-order valence-corrected chi connectivity index (χ4v) is 1.83. The van der Waals surface area contributed by atoms with Gasteiger partial charge in [-0.2, -0.15) is 0 Å². The first-order valence-corrected chi connectivity index (χ1v) is 6.51. The molecule has 118 valence electrons. The molecule has 0 heterocycles. The minimum absolute atomic E-state index is 0.0769. The summed E-state index contributed by atoms with van der Waals surface area (Å²) in [5.41, 5.74) is 0.809. The quantitative estimate of drug-likeness (QED) is 0.512. The Labute approximate surface area is 131 Å². The molecular weight excluding hydrogens is 302 g/mol. The van der Waals surface area contributed by atoms with Crippen molar-refractivity contribution in [1.29, 1.82) is 0 Å². The molecule has 2 aromatic rings. The maximum absolute atomic E-state index is 12.0. The van der Waals surface area contributed by atoms with Gasteiger partial charge in [-0.25, -0.2) is 9.59 Å². The Bertz CT molecular complexity index is 743. The van der Waals surface area contributed by atoms with E-state index in [2.05, 4.69) is 15.4 Å². The topological polar surface area (TPSA) is 111 Å². The van der Waals surface area contributed by atoms with Crippen molar-refractivity contribution in [3.63, 3.8) is 0 Å². The Morgan fingerprint density at radius 2 is 1.70 bits per heavy atom. The lowest BCUT2D eigenvalue weighted by Gasteiger charge is -2.10. The van der Waals surface area contributed by atoms with Gasteiger partial charge in [-0.3, -0.25) is 10.1 Å². The molecular formula is C15H13N3O5. The van der Waals surface area contributed by atoms with Gasteiger partial charge in [0.25, 0.3) is 5.69 Å². The largest absolute Gasteiger partial charge is 0.465 e. The first-order valence-electron chi connectivity index (χ1n) is 6.51. The maximum atomic E-state index is 12.0. The number of benzene rings is 2. The molecule has 0 spiro atoms. The Kier molecular flexibility index (Phi) is 4.88. The van der Waals surface area contributed by atoms with Gasteiger partial charge in [-0.1, -0.05) is 12.1 Å². The number of nitrogens with one attached hydrogen (secondary N) is 2. The van der Waals surface area contributed by atoms with Crippen molar-refractivity contribution < 1.29 is 19.2 Å². The summed E-state index contributed by atoms with van der Waals surface area (Å²) in [6, 6.07) is 11.2. The summed E-state index contributed by atoms with van der Waals surface area (Å²) in [6.45, 7) is 0. The average molecular weight is 315 g/mol. The van der Waals surface area contributed by atoms with E-state index in [1.807, 2.05) is 0 Å². The molecule has 0 fully saturated rings. The highest BCUT2D eigenvalue weighted by Crippen LogP contribution is 2.18. The number of hydrogen-bond acceptors (Lipinski definition) is 5. The molecule has 2 aromatic carbocycles. The van der Waals surface area contributed by atoms with E-state index in [4.69, 9.17) is 0 Å². The van der Waals surface area contributed by atoms with Crippen molar-refractivity contribution in [2.75, 3.05) is 17.7 Å². The first-order chi connectivity index (χ1) is 11.0. The fraction of sp³-hybridized carbons (Fsp3) is 0.0667. The molecule has 0 radical (unpaired) electrons. The molecule has 0 saturated carbocycles. The van der Waals surface area contributed by atoms with Gasteiger partial charge in [-0.15, -0.1) is 0 Å². The van der Waals surface area contributed by atoms with E-state index in [-0.39, 0.29) is 11.3 Å². The minimum atomic E-state index is -0.588. The number of ether oxygens (including phenoxy) is 1. The maximum Gasteiger partial charge on any atom is 0.339 e. The Morgan fingerprint density at radius 1 is 1.04 bits per heavy atom. The monoisotopic (exact) mass is 315 g/mol. The number of non-ortho nitro benzene ring substituents is 1. The molecule has 0 aromatic heterocycles. The Hall–Kier alpha value is -3.42. The summed E-state index contributed by atoms with van der Waals surface area (Å²) in [6.07, 6.45) is 0. The smallest absolute Gasteiger partial charge is 0.339 e. The average Bonchev–Trinajstić information content (AvgIpc) is 2.55. The molecule has 8 nitrogen and oxygen atoms in total. The normalized spacial score (nSPS) is 9.78.